The van der Waals surface area contributed by atoms with Crippen LogP contribution in [0.4, 0.5) is 0 Å². The zero-order valence-corrected chi connectivity index (χ0v) is 18.7. The normalized spacial score (nSPS) is 11.3. The minimum atomic E-state index is -0.0590. The first-order valence-corrected chi connectivity index (χ1v) is 11.9. The highest BCUT2D eigenvalue weighted by molar-refractivity contribution is 7.98. The third-order valence-corrected chi connectivity index (χ3v) is 6.88. The van der Waals surface area contributed by atoms with Crippen LogP contribution in [0.3, 0.4) is 0 Å². The highest BCUT2D eigenvalue weighted by Gasteiger charge is 2.14. The first-order valence-electron chi connectivity index (χ1n) is 9.61. The number of benzene rings is 2. The number of thioether (sulfide) groups is 1. The molecule has 0 amide bonds. The highest BCUT2D eigenvalue weighted by Crippen LogP contribution is 2.29. The van der Waals surface area contributed by atoms with E-state index >= 15 is 0 Å². The van der Waals surface area contributed by atoms with Crippen molar-refractivity contribution in [2.24, 2.45) is 0 Å². The van der Waals surface area contributed by atoms with Crippen LogP contribution in [-0.4, -0.2) is 18.9 Å². The molecule has 154 valence electrons. The van der Waals surface area contributed by atoms with Crippen LogP contribution in [0.5, 0.6) is 0 Å². The van der Waals surface area contributed by atoms with E-state index in [4.69, 9.17) is 11.6 Å². The van der Waals surface area contributed by atoms with Gasteiger partial charge in [0.1, 0.15) is 0 Å². The predicted octanol–water partition coefficient (Wildman–Crippen LogP) is 5.61. The zero-order chi connectivity index (χ0) is 21.2. The van der Waals surface area contributed by atoms with Crippen molar-refractivity contribution in [3.05, 3.63) is 105 Å². The van der Waals surface area contributed by atoms with Gasteiger partial charge in [-0.3, -0.25) is 9.20 Å². The Kier molecular flexibility index (Phi) is 5.63. The van der Waals surface area contributed by atoms with E-state index in [-0.39, 0.29) is 5.56 Å². The minimum absolute atomic E-state index is 0.0590. The number of fused-ring (bicyclic) bond motifs is 1. The number of nitrogens with zero attached hydrogens (tertiary/aromatic N) is 4. The molecule has 0 spiro atoms. The molecule has 3 heterocycles. The lowest BCUT2D eigenvalue weighted by atomic mass is 10.1. The second-order valence-corrected chi connectivity index (χ2v) is 9.19. The average Bonchev–Trinajstić information content (AvgIpc) is 3.41. The van der Waals surface area contributed by atoms with E-state index < -0.39 is 0 Å². The number of imidazole rings is 1. The second kappa shape index (κ2) is 8.70. The van der Waals surface area contributed by atoms with Crippen LogP contribution in [-0.2, 0) is 12.3 Å². The molecule has 0 aliphatic rings. The molecule has 0 atom stereocenters. The summed E-state index contributed by atoms with van der Waals surface area (Å²) >= 11 is 9.11. The molecule has 2 aromatic carbocycles. The first-order chi connectivity index (χ1) is 15.2. The molecule has 0 aliphatic heterocycles. The molecule has 5 nitrogen and oxygen atoms in total. The molecule has 0 radical (unpaired) electrons. The first kappa shape index (κ1) is 20.1. The van der Waals surface area contributed by atoms with Crippen molar-refractivity contribution in [2.45, 2.75) is 17.5 Å². The van der Waals surface area contributed by atoms with Crippen LogP contribution in [0.25, 0.3) is 16.2 Å². The molecule has 0 aliphatic carbocycles. The third kappa shape index (κ3) is 4.30. The van der Waals surface area contributed by atoms with Crippen molar-refractivity contribution < 1.29 is 0 Å². The van der Waals surface area contributed by atoms with Gasteiger partial charge in [-0.2, -0.15) is 0 Å². The van der Waals surface area contributed by atoms with E-state index in [1.54, 1.807) is 28.4 Å². The molecule has 0 bridgehead atoms. The minimum Gasteiger partial charge on any atom is -0.314 e. The Hall–Kier alpha value is -2.87. The summed E-state index contributed by atoms with van der Waals surface area (Å²) in [5.41, 5.74) is 3.95. The summed E-state index contributed by atoms with van der Waals surface area (Å²) in [4.78, 5) is 22.3. The Morgan fingerprint density at radius 2 is 1.87 bits per heavy atom. The lowest BCUT2D eigenvalue weighted by Crippen LogP contribution is -2.12. The van der Waals surface area contributed by atoms with Gasteiger partial charge in [0.25, 0.3) is 5.56 Å². The van der Waals surface area contributed by atoms with Gasteiger partial charge >= 0.3 is 0 Å². The molecular weight excluding hydrogens is 448 g/mol. The fourth-order valence-electron chi connectivity index (χ4n) is 3.34. The van der Waals surface area contributed by atoms with E-state index in [2.05, 4.69) is 26.7 Å². The average molecular weight is 465 g/mol. The Morgan fingerprint density at radius 3 is 2.68 bits per heavy atom. The fourth-order valence-corrected chi connectivity index (χ4v) is 5.08. The quantitative estimate of drug-likeness (QED) is 0.306. The summed E-state index contributed by atoms with van der Waals surface area (Å²) in [5, 5.41) is 3.45. The smallest absolute Gasteiger partial charge is 0.258 e. The molecule has 5 aromatic rings. The van der Waals surface area contributed by atoms with E-state index in [1.165, 1.54) is 16.9 Å². The van der Waals surface area contributed by atoms with Crippen molar-refractivity contribution in [2.75, 3.05) is 0 Å². The SMILES string of the molecule is O=c1cc(CSc2ncc(-c3ccc(Cl)cc3)n2Cc2ccccc2)nc2sccn12. The Morgan fingerprint density at radius 1 is 1.06 bits per heavy atom. The number of thiazole rings is 1. The summed E-state index contributed by atoms with van der Waals surface area (Å²) in [6.07, 6.45) is 3.64. The van der Waals surface area contributed by atoms with Crippen LogP contribution in [0.15, 0.2) is 88.4 Å². The lowest BCUT2D eigenvalue weighted by molar-refractivity contribution is 0.715. The molecule has 0 saturated heterocycles. The van der Waals surface area contributed by atoms with Crippen LogP contribution >= 0.6 is 34.7 Å². The fraction of sp³-hybridized carbons (Fsp3) is 0.0870. The van der Waals surface area contributed by atoms with Crippen molar-refractivity contribution >= 4 is 39.7 Å². The third-order valence-electron chi connectivity index (χ3n) is 4.85. The van der Waals surface area contributed by atoms with Gasteiger partial charge in [0.15, 0.2) is 10.1 Å². The van der Waals surface area contributed by atoms with Crippen molar-refractivity contribution in [1.29, 1.82) is 0 Å². The van der Waals surface area contributed by atoms with Gasteiger partial charge in [-0.15, -0.1) is 11.3 Å². The summed E-state index contributed by atoms with van der Waals surface area (Å²) in [7, 11) is 0. The highest BCUT2D eigenvalue weighted by atomic mass is 35.5. The zero-order valence-electron chi connectivity index (χ0n) is 16.3. The van der Waals surface area contributed by atoms with Gasteiger partial charge in [0, 0.05) is 28.4 Å². The van der Waals surface area contributed by atoms with Gasteiger partial charge in [0.05, 0.1) is 24.1 Å². The van der Waals surface area contributed by atoms with Crippen molar-refractivity contribution in [3.63, 3.8) is 0 Å². The van der Waals surface area contributed by atoms with Crippen LogP contribution in [0.1, 0.15) is 11.3 Å². The van der Waals surface area contributed by atoms with Gasteiger partial charge < -0.3 is 4.57 Å². The second-order valence-electron chi connectivity index (χ2n) is 6.93. The monoisotopic (exact) mass is 464 g/mol. The topological polar surface area (TPSA) is 52.2 Å². The Labute approximate surface area is 192 Å². The van der Waals surface area contributed by atoms with Gasteiger partial charge in [-0.1, -0.05) is 65.8 Å². The molecule has 3 aromatic heterocycles. The summed E-state index contributed by atoms with van der Waals surface area (Å²) in [6.45, 7) is 0.696. The summed E-state index contributed by atoms with van der Waals surface area (Å²) in [6, 6.07) is 19.7. The molecular formula is C23H17ClN4OS2. The van der Waals surface area contributed by atoms with Gasteiger partial charge in [0.2, 0.25) is 0 Å². The Balaban J connectivity index is 1.48. The van der Waals surface area contributed by atoms with Crippen LogP contribution in [0.2, 0.25) is 5.02 Å². The number of hydrogen-bond donors (Lipinski definition) is 0. The predicted molar refractivity (Wildman–Crippen MR) is 127 cm³/mol. The van der Waals surface area contributed by atoms with Crippen molar-refractivity contribution in [3.8, 4) is 11.3 Å². The van der Waals surface area contributed by atoms with Crippen LogP contribution < -0.4 is 5.56 Å². The molecule has 8 heteroatoms. The van der Waals surface area contributed by atoms with Crippen LogP contribution in [0, 0.1) is 0 Å². The standard InChI is InChI=1S/C23H17ClN4OS2/c24-18-8-6-17(7-9-18)20-13-25-22(28(20)14-16-4-2-1-3-5-16)31-15-19-12-21(29)27-10-11-30-23(27)26-19/h1-13H,14-15H2. The molecule has 0 N–H and O–H groups in total. The molecule has 5 rings (SSSR count). The maximum atomic E-state index is 12.3. The number of hydrogen-bond acceptors (Lipinski definition) is 5. The van der Waals surface area contributed by atoms with E-state index in [1.807, 2.05) is 54.0 Å². The number of rotatable bonds is 6. The summed E-state index contributed by atoms with van der Waals surface area (Å²) < 4.78 is 3.76. The lowest BCUT2D eigenvalue weighted by Gasteiger charge is -2.12. The molecule has 0 saturated carbocycles. The number of aromatic nitrogens is 4. The Bertz CT molecular complexity index is 1390. The van der Waals surface area contributed by atoms with Gasteiger partial charge in [-0.05, 0) is 23.3 Å². The van der Waals surface area contributed by atoms with Crippen molar-refractivity contribution in [1.82, 2.24) is 18.9 Å². The largest absolute Gasteiger partial charge is 0.314 e. The van der Waals surface area contributed by atoms with Gasteiger partial charge in [-0.25, -0.2) is 9.97 Å². The van der Waals surface area contributed by atoms with E-state index in [0.29, 0.717) is 22.3 Å². The molecule has 0 unspecified atom stereocenters. The van der Waals surface area contributed by atoms with E-state index in [0.717, 1.165) is 22.1 Å². The maximum Gasteiger partial charge on any atom is 0.258 e. The van der Waals surface area contributed by atoms with E-state index in [9.17, 15) is 4.79 Å². The maximum absolute atomic E-state index is 12.3. The molecule has 0 fully saturated rings. The number of halogens is 1. The molecule has 31 heavy (non-hydrogen) atoms. The summed E-state index contributed by atoms with van der Waals surface area (Å²) in [5.74, 6) is 0.565.